The maximum absolute atomic E-state index is 12.6. The summed E-state index contributed by atoms with van der Waals surface area (Å²) >= 11 is 0. The normalized spacial score (nSPS) is 13.7. The van der Waals surface area contributed by atoms with Gasteiger partial charge in [-0.1, -0.05) is 6.92 Å². The highest BCUT2D eigenvalue weighted by atomic mass is 19.4. The van der Waals surface area contributed by atoms with Crippen molar-refractivity contribution in [2.45, 2.75) is 25.7 Å². The van der Waals surface area contributed by atoms with Crippen molar-refractivity contribution in [3.05, 3.63) is 34.9 Å². The Balaban J connectivity index is 3.50. The SMILES string of the molecule is CC/C(=N/N)c1cc(C(F)(F)F)cc(C(F)(F)F)c1. The van der Waals surface area contributed by atoms with Gasteiger partial charge in [-0.15, -0.1) is 0 Å². The number of hydrogen-bond acceptors (Lipinski definition) is 2. The van der Waals surface area contributed by atoms with Crippen LogP contribution in [-0.4, -0.2) is 5.71 Å². The summed E-state index contributed by atoms with van der Waals surface area (Å²) in [4.78, 5) is 0. The summed E-state index contributed by atoms with van der Waals surface area (Å²) in [6.07, 6.45) is -9.62. The van der Waals surface area contributed by atoms with Gasteiger partial charge in [0.25, 0.3) is 0 Å². The molecule has 1 aromatic rings. The minimum atomic E-state index is -4.87. The Hall–Kier alpha value is -1.73. The highest BCUT2D eigenvalue weighted by Crippen LogP contribution is 2.36. The number of alkyl halides is 6. The second-order valence-electron chi connectivity index (χ2n) is 3.72. The molecule has 0 atom stereocenters. The van der Waals surface area contributed by atoms with Crippen molar-refractivity contribution >= 4 is 5.71 Å². The predicted octanol–water partition coefficient (Wildman–Crippen LogP) is 3.80. The van der Waals surface area contributed by atoms with Crippen LogP contribution >= 0.6 is 0 Å². The molecule has 0 fully saturated rings. The van der Waals surface area contributed by atoms with Crippen LogP contribution in [-0.2, 0) is 12.4 Å². The van der Waals surface area contributed by atoms with Crippen molar-refractivity contribution in [1.82, 2.24) is 0 Å². The Kier molecular flexibility index (Phi) is 4.12. The van der Waals surface area contributed by atoms with E-state index in [9.17, 15) is 26.3 Å². The average molecular weight is 284 g/mol. The second-order valence-corrected chi connectivity index (χ2v) is 3.72. The molecule has 0 aliphatic heterocycles. The molecule has 1 aromatic carbocycles. The quantitative estimate of drug-likeness (QED) is 0.381. The zero-order valence-electron chi connectivity index (χ0n) is 9.73. The van der Waals surface area contributed by atoms with Gasteiger partial charge in [-0.3, -0.25) is 0 Å². The summed E-state index contributed by atoms with van der Waals surface area (Å²) in [7, 11) is 0. The number of benzene rings is 1. The Bertz CT molecular complexity index is 455. The summed E-state index contributed by atoms with van der Waals surface area (Å²) in [6.45, 7) is 1.53. The lowest BCUT2D eigenvalue weighted by Crippen LogP contribution is -2.14. The molecule has 0 radical (unpaired) electrons. The molecule has 0 saturated carbocycles. The van der Waals surface area contributed by atoms with Crippen LogP contribution in [0.1, 0.15) is 30.0 Å². The van der Waals surface area contributed by atoms with E-state index in [1.807, 2.05) is 0 Å². The van der Waals surface area contributed by atoms with Crippen LogP contribution < -0.4 is 5.84 Å². The van der Waals surface area contributed by atoms with Gasteiger partial charge in [-0.2, -0.15) is 31.4 Å². The van der Waals surface area contributed by atoms with Crippen molar-refractivity contribution in [2.24, 2.45) is 10.9 Å². The number of hydrazone groups is 1. The molecule has 106 valence electrons. The third kappa shape index (κ3) is 3.62. The highest BCUT2D eigenvalue weighted by molar-refractivity contribution is 6.00. The summed E-state index contributed by atoms with van der Waals surface area (Å²) in [6, 6.07) is 1.27. The van der Waals surface area contributed by atoms with E-state index in [0.717, 1.165) is 0 Å². The molecule has 19 heavy (non-hydrogen) atoms. The first-order valence-electron chi connectivity index (χ1n) is 5.16. The van der Waals surface area contributed by atoms with E-state index in [4.69, 9.17) is 5.84 Å². The molecule has 0 unspecified atom stereocenters. The summed E-state index contributed by atoms with van der Waals surface area (Å²) in [5, 5.41) is 3.21. The molecule has 0 bridgehead atoms. The predicted molar refractivity (Wildman–Crippen MR) is 57.5 cm³/mol. The maximum Gasteiger partial charge on any atom is 0.416 e. The van der Waals surface area contributed by atoms with Gasteiger partial charge >= 0.3 is 12.4 Å². The van der Waals surface area contributed by atoms with Crippen LogP contribution in [0.25, 0.3) is 0 Å². The minimum Gasteiger partial charge on any atom is -0.323 e. The van der Waals surface area contributed by atoms with Crippen molar-refractivity contribution in [2.75, 3.05) is 0 Å². The minimum absolute atomic E-state index is 0.0309. The van der Waals surface area contributed by atoms with Crippen LogP contribution in [0, 0.1) is 0 Å². The Morgan fingerprint density at radius 2 is 1.42 bits per heavy atom. The van der Waals surface area contributed by atoms with Crippen LogP contribution in [0.5, 0.6) is 0 Å². The van der Waals surface area contributed by atoms with Gasteiger partial charge in [0, 0.05) is 0 Å². The first-order chi connectivity index (χ1) is 8.59. The van der Waals surface area contributed by atoms with Crippen molar-refractivity contribution in [1.29, 1.82) is 0 Å². The summed E-state index contributed by atoms with van der Waals surface area (Å²) in [5.74, 6) is 4.96. The zero-order valence-corrected chi connectivity index (χ0v) is 9.73. The van der Waals surface area contributed by atoms with Gasteiger partial charge in [0.1, 0.15) is 0 Å². The van der Waals surface area contributed by atoms with Gasteiger partial charge in [0.2, 0.25) is 0 Å². The van der Waals surface area contributed by atoms with E-state index < -0.39 is 23.5 Å². The number of hydrogen-bond donors (Lipinski definition) is 1. The lowest BCUT2D eigenvalue weighted by Gasteiger charge is -2.14. The molecular formula is C11H10F6N2. The Labute approximate surface area is 104 Å². The monoisotopic (exact) mass is 284 g/mol. The Morgan fingerprint density at radius 3 is 1.68 bits per heavy atom. The molecule has 0 spiro atoms. The zero-order chi connectivity index (χ0) is 14.8. The molecule has 0 amide bonds. The van der Waals surface area contributed by atoms with Gasteiger partial charge in [-0.05, 0) is 30.2 Å². The van der Waals surface area contributed by atoms with Crippen LogP contribution in [0.3, 0.4) is 0 Å². The molecule has 0 saturated heterocycles. The molecule has 1 rings (SSSR count). The smallest absolute Gasteiger partial charge is 0.323 e. The fraction of sp³-hybridized carbons (Fsp3) is 0.364. The number of halogens is 6. The molecule has 0 heterocycles. The van der Waals surface area contributed by atoms with Gasteiger partial charge < -0.3 is 5.84 Å². The molecule has 0 aromatic heterocycles. The lowest BCUT2D eigenvalue weighted by atomic mass is 10.0. The fourth-order valence-corrected chi connectivity index (χ4v) is 1.49. The summed E-state index contributed by atoms with van der Waals surface area (Å²) in [5.41, 5.74) is -3.08. The van der Waals surface area contributed by atoms with Crippen LogP contribution in [0.2, 0.25) is 0 Å². The highest BCUT2D eigenvalue weighted by Gasteiger charge is 2.37. The van der Waals surface area contributed by atoms with E-state index in [1.165, 1.54) is 6.92 Å². The maximum atomic E-state index is 12.6. The molecule has 0 aliphatic carbocycles. The van der Waals surface area contributed by atoms with E-state index in [-0.39, 0.29) is 23.8 Å². The molecule has 2 nitrogen and oxygen atoms in total. The van der Waals surface area contributed by atoms with Crippen molar-refractivity contribution < 1.29 is 26.3 Å². The van der Waals surface area contributed by atoms with Crippen LogP contribution in [0.15, 0.2) is 23.3 Å². The molecular weight excluding hydrogens is 274 g/mol. The van der Waals surface area contributed by atoms with Gasteiger partial charge in [-0.25, -0.2) is 0 Å². The van der Waals surface area contributed by atoms with Crippen molar-refractivity contribution in [3.63, 3.8) is 0 Å². The average Bonchev–Trinajstić information content (AvgIpc) is 2.28. The fourth-order valence-electron chi connectivity index (χ4n) is 1.49. The van der Waals surface area contributed by atoms with Crippen LogP contribution in [0.4, 0.5) is 26.3 Å². The third-order valence-corrected chi connectivity index (χ3v) is 2.41. The lowest BCUT2D eigenvalue weighted by molar-refractivity contribution is -0.143. The van der Waals surface area contributed by atoms with E-state index in [2.05, 4.69) is 5.10 Å². The standard InChI is InChI=1S/C11H10F6N2/c1-2-9(19-18)6-3-7(10(12,13)14)5-8(4-6)11(15,16)17/h3-5H,2,18H2,1H3/b19-9-. The Morgan fingerprint density at radius 1 is 1.00 bits per heavy atom. The number of nitrogens with zero attached hydrogens (tertiary/aromatic N) is 1. The number of rotatable bonds is 2. The first-order valence-corrected chi connectivity index (χ1v) is 5.16. The van der Waals surface area contributed by atoms with Crippen molar-refractivity contribution in [3.8, 4) is 0 Å². The first kappa shape index (κ1) is 15.3. The van der Waals surface area contributed by atoms with E-state index in [0.29, 0.717) is 12.1 Å². The second kappa shape index (κ2) is 5.10. The molecule has 8 heteroatoms. The topological polar surface area (TPSA) is 38.4 Å². The summed E-state index contributed by atoms with van der Waals surface area (Å²) < 4.78 is 75.4. The largest absolute Gasteiger partial charge is 0.416 e. The number of nitrogens with two attached hydrogens (primary N) is 1. The molecule has 0 aliphatic rings. The van der Waals surface area contributed by atoms with E-state index in [1.54, 1.807) is 0 Å². The third-order valence-electron chi connectivity index (χ3n) is 2.41. The van der Waals surface area contributed by atoms with Gasteiger partial charge in [0.15, 0.2) is 0 Å². The van der Waals surface area contributed by atoms with E-state index >= 15 is 0 Å². The molecule has 2 N–H and O–H groups in total. The van der Waals surface area contributed by atoms with Gasteiger partial charge in [0.05, 0.1) is 16.8 Å².